The lowest BCUT2D eigenvalue weighted by Gasteiger charge is -2.03. The molecule has 94 valence electrons. The summed E-state index contributed by atoms with van der Waals surface area (Å²) in [6, 6.07) is 8.98. The van der Waals surface area contributed by atoms with Gasteiger partial charge < -0.3 is 5.32 Å². The van der Waals surface area contributed by atoms with Crippen LogP contribution in [0.5, 0.6) is 0 Å². The van der Waals surface area contributed by atoms with E-state index in [9.17, 15) is 4.79 Å². The molecule has 0 fully saturated rings. The number of carbonyl (C=O) groups excluding carboxylic acids is 1. The van der Waals surface area contributed by atoms with Gasteiger partial charge in [0.05, 0.1) is 0 Å². The highest BCUT2D eigenvalue weighted by molar-refractivity contribution is 6.32. The van der Waals surface area contributed by atoms with E-state index in [4.69, 9.17) is 16.9 Å². The van der Waals surface area contributed by atoms with Crippen LogP contribution in [0.3, 0.4) is 0 Å². The maximum Gasteiger partial charge on any atom is 0.261 e. The summed E-state index contributed by atoms with van der Waals surface area (Å²) >= 11 is 5.97. The summed E-state index contributed by atoms with van der Waals surface area (Å²) in [4.78, 5) is 11.7. The molecule has 0 aliphatic heterocycles. The number of hydrogen-bond acceptors (Lipinski definition) is 2. The Labute approximate surface area is 112 Å². The number of rotatable bonds is 5. The van der Waals surface area contributed by atoms with Crippen LogP contribution in [0.1, 0.15) is 25.3 Å². The Bertz CT molecular complexity index is 489. The molecule has 0 saturated heterocycles. The van der Waals surface area contributed by atoms with Crippen LogP contribution < -0.4 is 5.32 Å². The summed E-state index contributed by atoms with van der Waals surface area (Å²) in [6.07, 6.45) is 3.40. The van der Waals surface area contributed by atoms with Crippen molar-refractivity contribution in [3.05, 3.63) is 40.4 Å². The molecule has 0 aliphatic rings. The van der Waals surface area contributed by atoms with E-state index >= 15 is 0 Å². The van der Waals surface area contributed by atoms with Crippen LogP contribution in [-0.4, -0.2) is 12.5 Å². The van der Waals surface area contributed by atoms with E-state index in [1.165, 1.54) is 6.08 Å². The standard InChI is InChI=1S/C14H15ClN2O/c1-2-3-8-17-14(18)12(10-16)9-11-6-4-5-7-13(11)15/h4-7,9H,2-3,8H2,1H3,(H,17,18)/b12-9+. The van der Waals surface area contributed by atoms with Crippen LogP contribution in [0.25, 0.3) is 6.08 Å². The van der Waals surface area contributed by atoms with E-state index in [-0.39, 0.29) is 11.5 Å². The average Bonchev–Trinajstić information content (AvgIpc) is 2.38. The molecule has 1 amide bonds. The number of halogens is 1. The highest BCUT2D eigenvalue weighted by Crippen LogP contribution is 2.18. The molecule has 0 heterocycles. The first-order valence-electron chi connectivity index (χ1n) is 5.83. The zero-order chi connectivity index (χ0) is 13.4. The van der Waals surface area contributed by atoms with Crippen LogP contribution in [0, 0.1) is 11.3 Å². The first-order chi connectivity index (χ1) is 8.69. The molecule has 18 heavy (non-hydrogen) atoms. The zero-order valence-electron chi connectivity index (χ0n) is 10.2. The van der Waals surface area contributed by atoms with E-state index in [2.05, 4.69) is 5.32 Å². The van der Waals surface area contributed by atoms with Crippen molar-refractivity contribution >= 4 is 23.6 Å². The summed E-state index contributed by atoms with van der Waals surface area (Å²) in [5, 5.41) is 12.2. The summed E-state index contributed by atoms with van der Waals surface area (Å²) in [5.41, 5.74) is 0.737. The fraction of sp³-hybridized carbons (Fsp3) is 0.286. The maximum atomic E-state index is 11.7. The quantitative estimate of drug-likeness (QED) is 0.503. The van der Waals surface area contributed by atoms with Gasteiger partial charge in [-0.1, -0.05) is 43.1 Å². The molecule has 0 spiro atoms. The SMILES string of the molecule is CCCCNC(=O)/C(C#N)=C/c1ccccc1Cl. The normalized spacial score (nSPS) is 10.8. The number of unbranched alkanes of at least 4 members (excludes halogenated alkanes) is 1. The lowest BCUT2D eigenvalue weighted by molar-refractivity contribution is -0.117. The molecule has 0 saturated carbocycles. The molecule has 0 radical (unpaired) electrons. The minimum atomic E-state index is -0.356. The molecule has 0 aromatic heterocycles. The molecule has 3 nitrogen and oxygen atoms in total. The molecule has 0 atom stereocenters. The second kappa shape index (κ2) is 7.52. The first kappa shape index (κ1) is 14.3. The monoisotopic (exact) mass is 262 g/mol. The van der Waals surface area contributed by atoms with Gasteiger partial charge in [0.15, 0.2) is 0 Å². The van der Waals surface area contributed by atoms with Gasteiger partial charge in [-0.25, -0.2) is 0 Å². The number of nitrogens with zero attached hydrogens (tertiary/aromatic N) is 1. The Kier molecular flexibility index (Phi) is 5.96. The van der Waals surface area contributed by atoms with Gasteiger partial charge in [0.2, 0.25) is 0 Å². The molecule has 0 bridgehead atoms. The molecule has 1 aromatic rings. The Morgan fingerprint density at radius 2 is 2.22 bits per heavy atom. The molecular formula is C14H15ClN2O. The minimum absolute atomic E-state index is 0.0687. The fourth-order valence-corrected chi connectivity index (χ4v) is 1.56. The third-order valence-electron chi connectivity index (χ3n) is 2.39. The van der Waals surface area contributed by atoms with Crippen molar-refractivity contribution in [3.8, 4) is 6.07 Å². The molecule has 0 unspecified atom stereocenters. The smallest absolute Gasteiger partial charge is 0.261 e. The average molecular weight is 263 g/mol. The van der Waals surface area contributed by atoms with Gasteiger partial charge >= 0.3 is 0 Å². The fourth-order valence-electron chi connectivity index (χ4n) is 1.37. The van der Waals surface area contributed by atoms with Crippen molar-refractivity contribution < 1.29 is 4.79 Å². The number of benzene rings is 1. The summed E-state index contributed by atoms with van der Waals surface area (Å²) < 4.78 is 0. The maximum absolute atomic E-state index is 11.7. The van der Waals surface area contributed by atoms with Crippen LogP contribution in [-0.2, 0) is 4.79 Å². The van der Waals surface area contributed by atoms with Crippen LogP contribution in [0.2, 0.25) is 5.02 Å². The van der Waals surface area contributed by atoms with Crippen LogP contribution in [0.4, 0.5) is 0 Å². The van der Waals surface area contributed by atoms with Gasteiger partial charge in [0.25, 0.3) is 5.91 Å². The highest BCUT2D eigenvalue weighted by atomic mass is 35.5. The second-order valence-electron chi connectivity index (χ2n) is 3.80. The number of carbonyl (C=O) groups is 1. The van der Waals surface area contributed by atoms with E-state index in [0.717, 1.165) is 12.8 Å². The van der Waals surface area contributed by atoms with E-state index in [0.29, 0.717) is 17.1 Å². The van der Waals surface area contributed by atoms with E-state index < -0.39 is 0 Å². The first-order valence-corrected chi connectivity index (χ1v) is 6.21. The summed E-state index contributed by atoms with van der Waals surface area (Å²) in [6.45, 7) is 2.62. The van der Waals surface area contributed by atoms with Gasteiger partial charge in [-0.05, 0) is 24.1 Å². The Morgan fingerprint density at radius 3 is 2.83 bits per heavy atom. The van der Waals surface area contributed by atoms with E-state index in [1.54, 1.807) is 18.2 Å². The molecule has 1 rings (SSSR count). The van der Waals surface area contributed by atoms with Gasteiger partial charge in [0, 0.05) is 11.6 Å². The van der Waals surface area contributed by atoms with Gasteiger partial charge in [-0.2, -0.15) is 5.26 Å². The number of nitriles is 1. The zero-order valence-corrected chi connectivity index (χ0v) is 11.0. The Morgan fingerprint density at radius 1 is 1.50 bits per heavy atom. The lowest BCUT2D eigenvalue weighted by Crippen LogP contribution is -2.25. The molecule has 1 aromatic carbocycles. The van der Waals surface area contributed by atoms with Crippen molar-refractivity contribution in [1.29, 1.82) is 5.26 Å². The second-order valence-corrected chi connectivity index (χ2v) is 4.21. The highest BCUT2D eigenvalue weighted by Gasteiger charge is 2.08. The van der Waals surface area contributed by atoms with Crippen molar-refractivity contribution in [1.82, 2.24) is 5.32 Å². The number of amides is 1. The topological polar surface area (TPSA) is 52.9 Å². The predicted molar refractivity (Wildman–Crippen MR) is 73.0 cm³/mol. The van der Waals surface area contributed by atoms with Crippen molar-refractivity contribution in [2.24, 2.45) is 0 Å². The molecule has 0 aliphatic carbocycles. The van der Waals surface area contributed by atoms with Crippen molar-refractivity contribution in [2.45, 2.75) is 19.8 Å². The predicted octanol–water partition coefficient (Wildman–Crippen LogP) is 3.16. The van der Waals surface area contributed by atoms with Crippen LogP contribution >= 0.6 is 11.6 Å². The Balaban J connectivity index is 2.81. The van der Waals surface area contributed by atoms with Gasteiger partial charge in [-0.15, -0.1) is 0 Å². The molecule has 1 N–H and O–H groups in total. The largest absolute Gasteiger partial charge is 0.351 e. The lowest BCUT2D eigenvalue weighted by atomic mass is 10.1. The van der Waals surface area contributed by atoms with Gasteiger partial charge in [0.1, 0.15) is 11.6 Å². The third kappa shape index (κ3) is 4.23. The summed E-state index contributed by atoms with van der Waals surface area (Å²) in [7, 11) is 0. The number of hydrogen-bond donors (Lipinski definition) is 1. The summed E-state index contributed by atoms with van der Waals surface area (Å²) in [5.74, 6) is -0.356. The van der Waals surface area contributed by atoms with Crippen molar-refractivity contribution in [2.75, 3.05) is 6.54 Å². The molecular weight excluding hydrogens is 248 g/mol. The number of nitrogens with one attached hydrogen (secondary N) is 1. The third-order valence-corrected chi connectivity index (χ3v) is 2.73. The van der Waals surface area contributed by atoms with E-state index in [1.807, 2.05) is 19.1 Å². The van der Waals surface area contributed by atoms with Gasteiger partial charge in [-0.3, -0.25) is 4.79 Å². The van der Waals surface area contributed by atoms with Crippen LogP contribution in [0.15, 0.2) is 29.8 Å². The molecule has 4 heteroatoms. The Hall–Kier alpha value is -1.79. The van der Waals surface area contributed by atoms with Crippen molar-refractivity contribution in [3.63, 3.8) is 0 Å². The minimum Gasteiger partial charge on any atom is -0.351 e.